The first-order valence-electron chi connectivity index (χ1n) is 6.10. The van der Waals surface area contributed by atoms with Crippen molar-refractivity contribution in [1.82, 2.24) is 15.0 Å². The number of carbonyl (C=O) groups is 1. The number of hydrogen-bond donors (Lipinski definition) is 2. The highest BCUT2D eigenvalue weighted by Crippen LogP contribution is 2.11. The van der Waals surface area contributed by atoms with Crippen molar-refractivity contribution in [2.75, 3.05) is 11.1 Å². The largest absolute Gasteiger partial charge is 0.399 e. The number of anilines is 2. The molecule has 0 aliphatic carbocycles. The van der Waals surface area contributed by atoms with Gasteiger partial charge >= 0.3 is 0 Å². The van der Waals surface area contributed by atoms with Crippen molar-refractivity contribution >= 4 is 17.3 Å². The van der Waals surface area contributed by atoms with Gasteiger partial charge in [0.15, 0.2) is 0 Å². The highest BCUT2D eigenvalue weighted by Gasteiger charge is 2.08. The Hall–Kier alpha value is -2.37. The van der Waals surface area contributed by atoms with Crippen molar-refractivity contribution in [1.29, 1.82) is 0 Å². The summed E-state index contributed by atoms with van der Waals surface area (Å²) < 4.78 is 1.53. The van der Waals surface area contributed by atoms with E-state index in [0.717, 1.165) is 5.69 Å². The molecule has 0 aliphatic rings. The van der Waals surface area contributed by atoms with Gasteiger partial charge in [0, 0.05) is 17.6 Å². The average molecular weight is 259 g/mol. The fraction of sp³-hybridized carbons (Fsp3) is 0.308. The van der Waals surface area contributed by atoms with E-state index in [4.69, 9.17) is 5.73 Å². The van der Waals surface area contributed by atoms with Gasteiger partial charge < -0.3 is 11.1 Å². The van der Waals surface area contributed by atoms with Crippen LogP contribution in [0.1, 0.15) is 25.5 Å². The van der Waals surface area contributed by atoms with E-state index in [1.807, 2.05) is 13.8 Å². The van der Waals surface area contributed by atoms with Gasteiger partial charge in [-0.3, -0.25) is 4.79 Å². The Kier molecular flexibility index (Phi) is 3.79. The van der Waals surface area contributed by atoms with Gasteiger partial charge in [-0.15, -0.1) is 5.10 Å². The number of carbonyl (C=O) groups excluding carboxylic acids is 1. The molecule has 2 aromatic rings. The molecular weight excluding hydrogens is 242 g/mol. The number of amides is 1. The minimum absolute atomic E-state index is 0.143. The van der Waals surface area contributed by atoms with E-state index in [9.17, 15) is 4.79 Å². The molecule has 1 aromatic heterocycles. The Labute approximate surface area is 111 Å². The minimum atomic E-state index is -0.148. The Morgan fingerprint density at radius 2 is 2.05 bits per heavy atom. The van der Waals surface area contributed by atoms with Crippen LogP contribution in [-0.2, 0) is 11.3 Å². The maximum Gasteiger partial charge on any atom is 0.246 e. The Morgan fingerprint density at radius 3 is 2.63 bits per heavy atom. The minimum Gasteiger partial charge on any atom is -0.399 e. The lowest BCUT2D eigenvalue weighted by atomic mass is 10.2. The number of hydrogen-bond acceptors (Lipinski definition) is 4. The smallest absolute Gasteiger partial charge is 0.246 e. The van der Waals surface area contributed by atoms with Gasteiger partial charge in [0.1, 0.15) is 6.54 Å². The molecule has 0 radical (unpaired) electrons. The second-order valence-electron chi connectivity index (χ2n) is 4.67. The van der Waals surface area contributed by atoms with Crippen molar-refractivity contribution < 1.29 is 4.79 Å². The quantitative estimate of drug-likeness (QED) is 0.817. The van der Waals surface area contributed by atoms with Crippen molar-refractivity contribution in [2.24, 2.45) is 0 Å². The summed E-state index contributed by atoms with van der Waals surface area (Å²) in [5.74, 6) is 0.152. The maximum absolute atomic E-state index is 11.8. The van der Waals surface area contributed by atoms with Gasteiger partial charge in [-0.05, 0) is 30.2 Å². The van der Waals surface area contributed by atoms with Crippen molar-refractivity contribution in [3.05, 3.63) is 36.2 Å². The molecule has 0 fully saturated rings. The lowest BCUT2D eigenvalue weighted by molar-refractivity contribution is -0.116. The van der Waals surface area contributed by atoms with Crippen molar-refractivity contribution in [3.8, 4) is 0 Å². The van der Waals surface area contributed by atoms with Crippen LogP contribution in [0.25, 0.3) is 0 Å². The first kappa shape index (κ1) is 13.1. The second-order valence-corrected chi connectivity index (χ2v) is 4.67. The van der Waals surface area contributed by atoms with Crippen LogP contribution in [0.15, 0.2) is 30.5 Å². The van der Waals surface area contributed by atoms with E-state index >= 15 is 0 Å². The van der Waals surface area contributed by atoms with E-state index in [0.29, 0.717) is 17.3 Å². The first-order chi connectivity index (χ1) is 9.04. The zero-order valence-electron chi connectivity index (χ0n) is 11.0. The number of rotatable bonds is 4. The highest BCUT2D eigenvalue weighted by atomic mass is 16.2. The Morgan fingerprint density at radius 1 is 1.37 bits per heavy atom. The van der Waals surface area contributed by atoms with Crippen molar-refractivity contribution in [2.45, 2.75) is 26.3 Å². The van der Waals surface area contributed by atoms with Crippen LogP contribution in [0.2, 0.25) is 0 Å². The standard InChI is InChI=1S/C13H17N5O/c1-9(2)12-7-18(17-16-12)8-13(19)15-11-5-3-10(14)4-6-11/h3-7,9H,8,14H2,1-2H3,(H,15,19). The zero-order valence-corrected chi connectivity index (χ0v) is 11.0. The summed E-state index contributed by atoms with van der Waals surface area (Å²) in [4.78, 5) is 11.8. The van der Waals surface area contributed by atoms with Gasteiger partial charge in [-0.1, -0.05) is 19.1 Å². The van der Waals surface area contributed by atoms with Gasteiger partial charge in [-0.25, -0.2) is 4.68 Å². The molecule has 1 amide bonds. The molecule has 19 heavy (non-hydrogen) atoms. The summed E-state index contributed by atoms with van der Waals surface area (Å²) in [7, 11) is 0. The number of aromatic nitrogens is 3. The summed E-state index contributed by atoms with van der Waals surface area (Å²) >= 11 is 0. The van der Waals surface area contributed by atoms with Gasteiger partial charge in [-0.2, -0.15) is 0 Å². The molecule has 0 saturated heterocycles. The Bertz CT molecular complexity index is 559. The molecular formula is C13H17N5O. The first-order valence-corrected chi connectivity index (χ1v) is 6.10. The van der Waals surface area contributed by atoms with Crippen LogP contribution in [0, 0.1) is 0 Å². The maximum atomic E-state index is 11.8. The molecule has 2 rings (SSSR count). The van der Waals surface area contributed by atoms with Crippen LogP contribution < -0.4 is 11.1 Å². The van der Waals surface area contributed by atoms with E-state index < -0.39 is 0 Å². The molecule has 0 bridgehead atoms. The van der Waals surface area contributed by atoms with Crippen molar-refractivity contribution in [3.63, 3.8) is 0 Å². The summed E-state index contributed by atoms with van der Waals surface area (Å²) in [6, 6.07) is 6.99. The third-order valence-electron chi connectivity index (χ3n) is 2.65. The number of benzene rings is 1. The van der Waals surface area contributed by atoms with E-state index in [2.05, 4.69) is 15.6 Å². The summed E-state index contributed by atoms with van der Waals surface area (Å²) in [6.45, 7) is 4.20. The lowest BCUT2D eigenvalue weighted by Gasteiger charge is -2.05. The number of nitrogen functional groups attached to an aromatic ring is 1. The van der Waals surface area contributed by atoms with E-state index in [1.165, 1.54) is 4.68 Å². The molecule has 0 unspecified atom stereocenters. The van der Waals surface area contributed by atoms with Gasteiger partial charge in [0.05, 0.1) is 5.69 Å². The lowest BCUT2D eigenvalue weighted by Crippen LogP contribution is -2.19. The molecule has 1 aromatic carbocycles. The predicted octanol–water partition coefficient (Wildman–Crippen LogP) is 1.62. The molecule has 0 saturated carbocycles. The number of nitrogens with two attached hydrogens (primary N) is 1. The molecule has 0 aliphatic heterocycles. The van der Waals surface area contributed by atoms with Crippen LogP contribution >= 0.6 is 0 Å². The molecule has 1 heterocycles. The zero-order chi connectivity index (χ0) is 13.8. The predicted molar refractivity (Wildman–Crippen MR) is 73.6 cm³/mol. The van der Waals surface area contributed by atoms with E-state index in [1.54, 1.807) is 30.5 Å². The normalized spacial score (nSPS) is 10.7. The third-order valence-corrected chi connectivity index (χ3v) is 2.65. The van der Waals surface area contributed by atoms with Crippen LogP contribution in [0.3, 0.4) is 0 Å². The third kappa shape index (κ3) is 3.54. The highest BCUT2D eigenvalue weighted by molar-refractivity contribution is 5.90. The fourth-order valence-electron chi connectivity index (χ4n) is 1.57. The molecule has 3 N–H and O–H groups in total. The number of nitrogens with zero attached hydrogens (tertiary/aromatic N) is 3. The Balaban J connectivity index is 1.95. The monoisotopic (exact) mass is 259 g/mol. The molecule has 0 atom stereocenters. The molecule has 6 nitrogen and oxygen atoms in total. The van der Waals surface area contributed by atoms with E-state index in [-0.39, 0.29) is 12.5 Å². The van der Waals surface area contributed by atoms with Crippen LogP contribution in [-0.4, -0.2) is 20.9 Å². The number of nitrogens with one attached hydrogen (secondary N) is 1. The second kappa shape index (κ2) is 5.51. The topological polar surface area (TPSA) is 85.8 Å². The summed E-state index contributed by atoms with van der Waals surface area (Å²) in [5.41, 5.74) is 7.83. The summed E-state index contributed by atoms with van der Waals surface area (Å²) in [5, 5.41) is 10.7. The molecule has 0 spiro atoms. The molecule has 100 valence electrons. The fourth-order valence-corrected chi connectivity index (χ4v) is 1.57. The van der Waals surface area contributed by atoms with Gasteiger partial charge in [0.25, 0.3) is 0 Å². The van der Waals surface area contributed by atoms with Gasteiger partial charge in [0.2, 0.25) is 5.91 Å². The van der Waals surface area contributed by atoms with Crippen LogP contribution in [0.5, 0.6) is 0 Å². The van der Waals surface area contributed by atoms with Crippen LogP contribution in [0.4, 0.5) is 11.4 Å². The SMILES string of the molecule is CC(C)c1cn(CC(=O)Nc2ccc(N)cc2)nn1. The average Bonchev–Trinajstić information content (AvgIpc) is 2.80. The summed E-state index contributed by atoms with van der Waals surface area (Å²) in [6.07, 6.45) is 1.78. The molecule has 6 heteroatoms.